The highest BCUT2D eigenvalue weighted by Crippen LogP contribution is 2.57. The fraction of sp³-hybridized carbons (Fsp3) is 0.882. The molecule has 18 rings (SSSR count). The van der Waals surface area contributed by atoms with Crippen molar-refractivity contribution < 1.29 is 105 Å². The number of carbonyl (C=O) groups excluding carboxylic acids is 2. The molecule has 0 aliphatic carbocycles. The summed E-state index contributed by atoms with van der Waals surface area (Å²) in [5.74, 6) is -0.910. The zero-order chi connectivity index (χ0) is 74.4. The van der Waals surface area contributed by atoms with Gasteiger partial charge < -0.3 is 95.5 Å². The van der Waals surface area contributed by atoms with E-state index in [2.05, 4.69) is 67.9 Å². The summed E-state index contributed by atoms with van der Waals surface area (Å²) < 4.78 is 118. The number of rotatable bonds is 28. The van der Waals surface area contributed by atoms with Crippen LogP contribution in [0.5, 0.6) is 0 Å². The molecule has 0 aromatic heterocycles. The average molecular weight is 1510 g/mol. The maximum atomic E-state index is 14.1. The van der Waals surface area contributed by atoms with Crippen molar-refractivity contribution in [2.75, 3.05) is 14.2 Å². The Morgan fingerprint density at radius 1 is 0.449 bits per heavy atom. The number of fused-ring (bicyclic) bond motifs is 2. The summed E-state index contributed by atoms with van der Waals surface area (Å²) in [5.41, 5.74) is 4.46. The molecule has 22 nitrogen and oxygen atoms in total. The Morgan fingerprint density at radius 3 is 1.20 bits per heavy atom. The van der Waals surface area contributed by atoms with Crippen LogP contribution in [-0.4, -0.2) is 243 Å². The number of aliphatic hydroxyl groups is 2. The van der Waals surface area contributed by atoms with Crippen LogP contribution in [0.3, 0.4) is 0 Å². The minimum absolute atomic E-state index is 0. The standard InChI is InChI=1S/2C42H64O11.CH4/c2*1-8-25(43)18-34-36(45-7)30(33(49-34)19-32-23(5)21(3)14-27(9-2)47-32)17-26(44)16-28-10-11-31-37(48-28)41-40-39(50-31)38-35(51-40)20-42(52-38,53-41)13-12-29-15-22(4)24(6)46-29;/h2*21,24-25,27-41,43H,4-5,8-20H2,1-3,6-7H3;1H4. The number of Topliss-reactive ketones (excluding diaryl/α,β-unsaturated/α-hetero) is 2. The number of ketones is 2. The maximum Gasteiger partial charge on any atom is 0.172 e. The molecule has 18 heterocycles. The Hall–Kier alpha value is -2.50. The van der Waals surface area contributed by atoms with E-state index in [1.807, 2.05) is 13.8 Å². The predicted octanol–water partition coefficient (Wildman–Crippen LogP) is 11.7. The summed E-state index contributed by atoms with van der Waals surface area (Å²) in [6.45, 7) is 34.0. The molecule has 18 fully saturated rings. The van der Waals surface area contributed by atoms with Gasteiger partial charge in [0.1, 0.15) is 72.6 Å². The van der Waals surface area contributed by atoms with Crippen LogP contribution in [0.25, 0.3) is 0 Å². The number of carbonyl (C=O) groups is 2. The van der Waals surface area contributed by atoms with E-state index in [0.29, 0.717) is 102 Å². The van der Waals surface area contributed by atoms with E-state index >= 15 is 0 Å². The second-order valence-electron chi connectivity index (χ2n) is 35.2. The summed E-state index contributed by atoms with van der Waals surface area (Å²) in [5, 5.41) is 21.2. The lowest BCUT2D eigenvalue weighted by Gasteiger charge is -2.47. The first-order chi connectivity index (χ1) is 50.9. The molecule has 0 aromatic rings. The second kappa shape index (κ2) is 33.7. The molecule has 18 aliphatic rings. The van der Waals surface area contributed by atoms with Gasteiger partial charge >= 0.3 is 0 Å². The smallest absolute Gasteiger partial charge is 0.172 e. The Morgan fingerprint density at radius 2 is 0.832 bits per heavy atom. The van der Waals surface area contributed by atoms with Crippen molar-refractivity contribution in [3.8, 4) is 0 Å². The van der Waals surface area contributed by atoms with Crippen LogP contribution in [0, 0.1) is 23.7 Å². The lowest BCUT2D eigenvalue weighted by Crippen LogP contribution is -2.61. The van der Waals surface area contributed by atoms with Gasteiger partial charge in [0.05, 0.1) is 134 Å². The highest BCUT2D eigenvalue weighted by atomic mass is 16.8. The van der Waals surface area contributed by atoms with Gasteiger partial charge in [0.15, 0.2) is 11.6 Å². The third-order valence-electron chi connectivity index (χ3n) is 28.1. The first-order valence-corrected chi connectivity index (χ1v) is 41.7. The van der Waals surface area contributed by atoms with E-state index in [9.17, 15) is 19.8 Å². The van der Waals surface area contributed by atoms with Gasteiger partial charge in [-0.05, 0) is 138 Å². The second-order valence-corrected chi connectivity index (χ2v) is 35.2. The Bertz CT molecular complexity index is 2910. The lowest BCUT2D eigenvalue weighted by molar-refractivity contribution is -0.292. The first kappa shape index (κ1) is 81.1. The summed E-state index contributed by atoms with van der Waals surface area (Å²) in [7, 11) is 3.37. The molecular formula is C85H132O22. The van der Waals surface area contributed by atoms with Crippen molar-refractivity contribution in [2.45, 2.75) is 437 Å². The molecule has 22 heteroatoms. The fourth-order valence-corrected chi connectivity index (χ4v) is 21.8. The van der Waals surface area contributed by atoms with Gasteiger partial charge in [0.25, 0.3) is 0 Å². The van der Waals surface area contributed by atoms with Crippen LogP contribution >= 0.6 is 0 Å². The van der Waals surface area contributed by atoms with E-state index in [-0.39, 0.29) is 214 Å². The van der Waals surface area contributed by atoms with Crippen molar-refractivity contribution in [1.29, 1.82) is 0 Å². The minimum Gasteiger partial charge on any atom is -0.393 e. The largest absolute Gasteiger partial charge is 0.393 e. The molecule has 604 valence electrons. The average Bonchev–Trinajstić information content (AvgIpc) is 1.55. The summed E-state index contributed by atoms with van der Waals surface area (Å²) in [4.78, 5) is 28.2. The van der Waals surface area contributed by atoms with Gasteiger partial charge in [0, 0.05) is 103 Å². The monoisotopic (exact) mass is 1500 g/mol. The van der Waals surface area contributed by atoms with Crippen LogP contribution in [0.15, 0.2) is 48.6 Å². The Balaban J connectivity index is 0.000000178. The van der Waals surface area contributed by atoms with Gasteiger partial charge in [-0.1, -0.05) is 75.3 Å². The summed E-state index contributed by atoms with van der Waals surface area (Å²) in [6.07, 6.45) is 11.9. The molecule has 0 aromatic carbocycles. The zero-order valence-electron chi connectivity index (χ0n) is 65.1. The van der Waals surface area contributed by atoms with E-state index in [4.69, 9.17) is 85.3 Å². The maximum absolute atomic E-state index is 14.1. The molecule has 18 saturated heterocycles. The number of hydrogen-bond donors (Lipinski definition) is 2. The number of aliphatic hydroxyl groups excluding tert-OH is 2. The minimum atomic E-state index is -0.763. The van der Waals surface area contributed by atoms with E-state index in [0.717, 1.165) is 99.3 Å². The molecule has 0 spiro atoms. The highest BCUT2D eigenvalue weighted by Gasteiger charge is 2.71. The molecule has 0 radical (unpaired) electrons. The van der Waals surface area contributed by atoms with Gasteiger partial charge in [0.2, 0.25) is 0 Å². The molecule has 18 aliphatic heterocycles. The van der Waals surface area contributed by atoms with Crippen molar-refractivity contribution in [2.24, 2.45) is 23.7 Å². The van der Waals surface area contributed by atoms with Gasteiger partial charge in [-0.25, -0.2) is 0 Å². The van der Waals surface area contributed by atoms with Gasteiger partial charge in [-0.15, -0.1) is 0 Å². The normalized spacial score (nSPS) is 48.9. The van der Waals surface area contributed by atoms with Crippen LogP contribution < -0.4 is 0 Å². The molecular weight excluding hydrogens is 1370 g/mol. The molecule has 0 saturated carbocycles. The van der Waals surface area contributed by atoms with Crippen molar-refractivity contribution in [3.05, 3.63) is 48.6 Å². The van der Waals surface area contributed by atoms with Gasteiger partial charge in [-0.2, -0.15) is 0 Å². The van der Waals surface area contributed by atoms with Gasteiger partial charge in [-0.3, -0.25) is 9.59 Å². The van der Waals surface area contributed by atoms with Crippen molar-refractivity contribution >= 4 is 11.6 Å². The first-order valence-electron chi connectivity index (χ1n) is 41.7. The fourth-order valence-electron chi connectivity index (χ4n) is 21.8. The molecule has 0 amide bonds. The number of methoxy groups -OCH3 is 2. The molecule has 38 atom stereocenters. The topological polar surface area (TPSA) is 241 Å². The predicted molar refractivity (Wildman–Crippen MR) is 395 cm³/mol. The van der Waals surface area contributed by atoms with Crippen LogP contribution in [0.4, 0.5) is 0 Å². The number of hydrogen-bond acceptors (Lipinski definition) is 22. The highest BCUT2D eigenvalue weighted by molar-refractivity contribution is 5.80. The van der Waals surface area contributed by atoms with E-state index < -0.39 is 23.8 Å². The molecule has 2 N–H and O–H groups in total. The van der Waals surface area contributed by atoms with Crippen molar-refractivity contribution in [3.63, 3.8) is 0 Å². The third-order valence-corrected chi connectivity index (χ3v) is 28.1. The third kappa shape index (κ3) is 16.6. The molecule has 38 unspecified atom stereocenters. The summed E-state index contributed by atoms with van der Waals surface area (Å²) >= 11 is 0. The van der Waals surface area contributed by atoms with Crippen LogP contribution in [0.1, 0.15) is 230 Å². The lowest BCUT2D eigenvalue weighted by atomic mass is 9.81. The Kier molecular flexibility index (Phi) is 25.6. The Labute approximate surface area is 637 Å². The SMILES string of the molecule is C.C=C1CC(CCC23CC4OC5C(OC6CCC(CC(=O)CC7C(CC8OC(CC)CC(C)C8=C)OC(CC(O)CC)C7OC)OC6C5O2)C4O3)OC1C.C=C1CC(CCC23CC4OC5C(OC6CCC(CC(=O)CC7C(CC8OC(CC)CC(C)C8=C)OC(CC(O)CC)C7OC)OC6C5O2)C4O3)OC1C. The van der Waals surface area contributed by atoms with Crippen LogP contribution in [0.2, 0.25) is 0 Å². The van der Waals surface area contributed by atoms with E-state index in [1.54, 1.807) is 14.2 Å². The quantitative estimate of drug-likeness (QED) is 0.0692. The molecule has 12 bridgehead atoms. The van der Waals surface area contributed by atoms with Crippen molar-refractivity contribution in [1.82, 2.24) is 0 Å². The number of ether oxygens (including phenoxy) is 18. The van der Waals surface area contributed by atoms with E-state index in [1.165, 1.54) is 0 Å². The molecule has 107 heavy (non-hydrogen) atoms. The van der Waals surface area contributed by atoms with Crippen LogP contribution in [-0.2, 0) is 94.9 Å². The zero-order valence-corrected chi connectivity index (χ0v) is 65.1. The summed E-state index contributed by atoms with van der Waals surface area (Å²) in [6, 6.07) is 0.